The van der Waals surface area contributed by atoms with Gasteiger partial charge in [-0.15, -0.1) is 0 Å². The maximum atomic E-state index is 12.4. The lowest BCUT2D eigenvalue weighted by Gasteiger charge is -2.26. The zero-order valence-corrected chi connectivity index (χ0v) is 14.0. The highest BCUT2D eigenvalue weighted by Crippen LogP contribution is 2.08. The van der Waals surface area contributed by atoms with Gasteiger partial charge in [0.1, 0.15) is 0 Å². The molecule has 0 heterocycles. The van der Waals surface area contributed by atoms with Crippen LogP contribution in [0.5, 0.6) is 0 Å². The van der Waals surface area contributed by atoms with Gasteiger partial charge >= 0.3 is 0 Å². The monoisotopic (exact) mass is 284 g/mol. The van der Waals surface area contributed by atoms with E-state index in [1.165, 1.54) is 38.5 Å². The van der Waals surface area contributed by atoms with Gasteiger partial charge in [-0.3, -0.25) is 4.79 Å². The quantitative estimate of drug-likeness (QED) is 0.517. The highest BCUT2D eigenvalue weighted by atomic mass is 16.2. The van der Waals surface area contributed by atoms with E-state index in [9.17, 15) is 4.79 Å². The van der Waals surface area contributed by atoms with Gasteiger partial charge in [-0.2, -0.15) is 0 Å². The fraction of sp³-hybridized carbons (Fsp3) is 0.941. The van der Waals surface area contributed by atoms with Crippen LogP contribution in [-0.4, -0.2) is 29.9 Å². The minimum Gasteiger partial charge on any atom is -0.341 e. The Morgan fingerprint density at radius 2 is 1.35 bits per heavy atom. The van der Waals surface area contributed by atoms with E-state index >= 15 is 0 Å². The van der Waals surface area contributed by atoms with Crippen LogP contribution in [-0.2, 0) is 4.79 Å². The molecule has 0 rings (SSSR count). The molecule has 0 spiro atoms. The van der Waals surface area contributed by atoms with Crippen molar-refractivity contribution in [1.29, 1.82) is 0 Å². The van der Waals surface area contributed by atoms with E-state index in [0.29, 0.717) is 0 Å². The molecule has 0 saturated heterocycles. The Balaban J connectivity index is 4.18. The summed E-state index contributed by atoms with van der Waals surface area (Å²) in [5.41, 5.74) is 6.00. The van der Waals surface area contributed by atoms with Crippen molar-refractivity contribution in [2.75, 3.05) is 13.1 Å². The Labute approximate surface area is 126 Å². The fourth-order valence-corrected chi connectivity index (χ4v) is 2.46. The lowest BCUT2D eigenvalue weighted by atomic mass is 10.1. The SMILES string of the molecule is CCCCCCN(CCCCCC)C(=O)C(N)CCC. The molecule has 0 radical (unpaired) electrons. The third kappa shape index (κ3) is 9.35. The molecule has 2 N–H and O–H groups in total. The number of rotatable bonds is 13. The smallest absolute Gasteiger partial charge is 0.239 e. The van der Waals surface area contributed by atoms with Gasteiger partial charge in [0, 0.05) is 13.1 Å². The molecule has 20 heavy (non-hydrogen) atoms. The van der Waals surface area contributed by atoms with Crippen LogP contribution in [0.25, 0.3) is 0 Å². The average molecular weight is 284 g/mol. The normalized spacial score (nSPS) is 12.4. The first-order chi connectivity index (χ1) is 9.67. The maximum absolute atomic E-state index is 12.4. The van der Waals surface area contributed by atoms with Gasteiger partial charge in [0.25, 0.3) is 0 Å². The minimum absolute atomic E-state index is 0.167. The maximum Gasteiger partial charge on any atom is 0.239 e. The standard InChI is InChI=1S/C17H36N2O/c1-4-7-9-11-14-19(15-12-10-8-5-2)17(20)16(18)13-6-3/h16H,4-15,18H2,1-3H3. The van der Waals surface area contributed by atoms with Crippen molar-refractivity contribution in [2.24, 2.45) is 5.73 Å². The van der Waals surface area contributed by atoms with Crippen LogP contribution in [0.4, 0.5) is 0 Å². The molecular formula is C17H36N2O. The minimum atomic E-state index is -0.294. The summed E-state index contributed by atoms with van der Waals surface area (Å²) in [6, 6.07) is -0.294. The summed E-state index contributed by atoms with van der Waals surface area (Å²) < 4.78 is 0. The van der Waals surface area contributed by atoms with Crippen LogP contribution >= 0.6 is 0 Å². The lowest BCUT2D eigenvalue weighted by Crippen LogP contribution is -2.44. The molecule has 0 aromatic carbocycles. The number of hydrogen-bond acceptors (Lipinski definition) is 2. The Morgan fingerprint density at radius 1 is 0.850 bits per heavy atom. The fourth-order valence-electron chi connectivity index (χ4n) is 2.46. The number of carbonyl (C=O) groups excluding carboxylic acids is 1. The van der Waals surface area contributed by atoms with Crippen molar-refractivity contribution in [1.82, 2.24) is 4.90 Å². The highest BCUT2D eigenvalue weighted by molar-refractivity contribution is 5.81. The van der Waals surface area contributed by atoms with Gasteiger partial charge in [0.05, 0.1) is 6.04 Å². The van der Waals surface area contributed by atoms with E-state index in [4.69, 9.17) is 5.73 Å². The van der Waals surface area contributed by atoms with Crippen molar-refractivity contribution in [3.05, 3.63) is 0 Å². The lowest BCUT2D eigenvalue weighted by molar-refractivity contribution is -0.133. The Kier molecular flexibility index (Phi) is 13.0. The van der Waals surface area contributed by atoms with Gasteiger partial charge in [-0.25, -0.2) is 0 Å². The molecule has 1 atom stereocenters. The third-order valence-electron chi connectivity index (χ3n) is 3.79. The molecule has 0 fully saturated rings. The van der Waals surface area contributed by atoms with E-state index in [1.807, 2.05) is 4.90 Å². The second kappa shape index (κ2) is 13.4. The summed E-state index contributed by atoms with van der Waals surface area (Å²) in [7, 11) is 0. The second-order valence-electron chi connectivity index (χ2n) is 5.84. The molecular weight excluding hydrogens is 248 g/mol. The number of nitrogens with zero attached hydrogens (tertiary/aromatic N) is 1. The summed E-state index contributed by atoms with van der Waals surface area (Å²) in [4.78, 5) is 14.4. The van der Waals surface area contributed by atoms with Crippen molar-refractivity contribution < 1.29 is 4.79 Å². The average Bonchev–Trinajstić information content (AvgIpc) is 2.45. The van der Waals surface area contributed by atoms with Crippen LogP contribution in [0.1, 0.15) is 85.0 Å². The molecule has 1 unspecified atom stereocenters. The zero-order valence-electron chi connectivity index (χ0n) is 14.0. The summed E-state index contributed by atoms with van der Waals surface area (Å²) in [6.45, 7) is 8.29. The molecule has 0 aromatic rings. The summed E-state index contributed by atoms with van der Waals surface area (Å²) in [5, 5.41) is 0. The predicted octanol–water partition coefficient (Wildman–Crippen LogP) is 4.10. The number of nitrogens with two attached hydrogens (primary N) is 1. The van der Waals surface area contributed by atoms with E-state index < -0.39 is 0 Å². The number of hydrogen-bond donors (Lipinski definition) is 1. The molecule has 1 amide bonds. The van der Waals surface area contributed by atoms with Crippen LogP contribution in [0.15, 0.2) is 0 Å². The molecule has 3 nitrogen and oxygen atoms in total. The molecule has 0 bridgehead atoms. The molecule has 0 aliphatic rings. The van der Waals surface area contributed by atoms with E-state index in [-0.39, 0.29) is 11.9 Å². The molecule has 120 valence electrons. The first-order valence-corrected chi connectivity index (χ1v) is 8.71. The third-order valence-corrected chi connectivity index (χ3v) is 3.79. The molecule has 0 saturated carbocycles. The first-order valence-electron chi connectivity index (χ1n) is 8.71. The van der Waals surface area contributed by atoms with Crippen LogP contribution < -0.4 is 5.73 Å². The Morgan fingerprint density at radius 3 is 1.75 bits per heavy atom. The number of unbranched alkanes of at least 4 members (excludes halogenated alkanes) is 6. The van der Waals surface area contributed by atoms with Crippen LogP contribution in [0.3, 0.4) is 0 Å². The summed E-state index contributed by atoms with van der Waals surface area (Å²) in [5.74, 6) is 0.167. The summed E-state index contributed by atoms with van der Waals surface area (Å²) in [6.07, 6.45) is 11.5. The van der Waals surface area contributed by atoms with Crippen molar-refractivity contribution >= 4 is 5.91 Å². The van der Waals surface area contributed by atoms with Gasteiger partial charge in [-0.1, -0.05) is 65.7 Å². The second-order valence-corrected chi connectivity index (χ2v) is 5.84. The molecule has 0 aliphatic carbocycles. The van der Waals surface area contributed by atoms with Crippen molar-refractivity contribution in [2.45, 2.75) is 91.0 Å². The molecule has 0 aliphatic heterocycles. The largest absolute Gasteiger partial charge is 0.341 e. The molecule has 0 aromatic heterocycles. The predicted molar refractivity (Wildman–Crippen MR) is 87.7 cm³/mol. The first kappa shape index (κ1) is 19.4. The Bertz CT molecular complexity index is 219. The number of carbonyl (C=O) groups is 1. The van der Waals surface area contributed by atoms with Crippen molar-refractivity contribution in [3.8, 4) is 0 Å². The zero-order chi connectivity index (χ0) is 15.2. The van der Waals surface area contributed by atoms with Gasteiger partial charge < -0.3 is 10.6 Å². The molecule has 3 heteroatoms. The van der Waals surface area contributed by atoms with Crippen LogP contribution in [0, 0.1) is 0 Å². The van der Waals surface area contributed by atoms with Crippen LogP contribution in [0.2, 0.25) is 0 Å². The topological polar surface area (TPSA) is 46.3 Å². The van der Waals surface area contributed by atoms with E-state index in [0.717, 1.165) is 38.8 Å². The highest BCUT2D eigenvalue weighted by Gasteiger charge is 2.19. The van der Waals surface area contributed by atoms with Crippen molar-refractivity contribution in [3.63, 3.8) is 0 Å². The van der Waals surface area contributed by atoms with Gasteiger partial charge in [0.15, 0.2) is 0 Å². The number of amides is 1. The van der Waals surface area contributed by atoms with E-state index in [1.54, 1.807) is 0 Å². The summed E-state index contributed by atoms with van der Waals surface area (Å²) >= 11 is 0. The van der Waals surface area contributed by atoms with Gasteiger partial charge in [0.2, 0.25) is 5.91 Å². The van der Waals surface area contributed by atoms with Gasteiger partial charge in [-0.05, 0) is 19.3 Å². The van der Waals surface area contributed by atoms with E-state index in [2.05, 4.69) is 20.8 Å². The Hall–Kier alpha value is -0.570.